The molecule has 2 N–H and O–H groups in total. The van der Waals surface area contributed by atoms with Crippen LogP contribution in [-0.2, 0) is 6.54 Å². The summed E-state index contributed by atoms with van der Waals surface area (Å²) < 4.78 is 6.68. The highest BCUT2D eigenvalue weighted by Crippen LogP contribution is 2.22. The van der Waals surface area contributed by atoms with Gasteiger partial charge in [0, 0.05) is 12.7 Å². The van der Waals surface area contributed by atoms with Crippen LogP contribution in [-0.4, -0.2) is 31.9 Å². The Kier molecular flexibility index (Phi) is 3.79. The lowest BCUT2D eigenvalue weighted by Crippen LogP contribution is -2.20. The third kappa shape index (κ3) is 3.00. The van der Waals surface area contributed by atoms with Crippen LogP contribution in [0.4, 0.5) is 0 Å². The van der Waals surface area contributed by atoms with Gasteiger partial charge in [0.1, 0.15) is 11.3 Å². The number of benzene rings is 1. The first-order valence-electron chi connectivity index (χ1n) is 6.19. The molecule has 0 spiro atoms. The zero-order valence-corrected chi connectivity index (χ0v) is 11.6. The maximum absolute atomic E-state index is 8.73. The molecule has 0 fully saturated rings. The zero-order chi connectivity index (χ0) is 14.8. The van der Waals surface area contributed by atoms with Crippen molar-refractivity contribution in [1.82, 2.24) is 14.5 Å². The lowest BCUT2D eigenvalue weighted by molar-refractivity contribution is 0.288. The molecule has 2 aromatic heterocycles. The van der Waals surface area contributed by atoms with E-state index in [9.17, 15) is 0 Å². The van der Waals surface area contributed by atoms with Crippen molar-refractivity contribution in [2.24, 2.45) is 0 Å². The molecule has 0 amide bonds. The van der Waals surface area contributed by atoms with Gasteiger partial charge in [-0.25, -0.2) is 4.98 Å². The second kappa shape index (κ2) is 5.73. The average molecular weight is 304 g/mol. The van der Waals surface area contributed by atoms with Crippen molar-refractivity contribution < 1.29 is 14.7 Å². The van der Waals surface area contributed by atoms with Crippen molar-refractivity contribution in [1.29, 1.82) is 0 Å². The van der Waals surface area contributed by atoms with Crippen LogP contribution in [0, 0.1) is 0 Å². The monoisotopic (exact) mass is 303 g/mol. The van der Waals surface area contributed by atoms with E-state index in [0.717, 1.165) is 16.6 Å². The Bertz CT molecular complexity index is 761. The summed E-state index contributed by atoms with van der Waals surface area (Å²) in [5, 5.41) is 18.0. The van der Waals surface area contributed by atoms with E-state index < -0.39 is 7.32 Å². The lowest BCUT2D eigenvalue weighted by atomic mass is 10.2. The Morgan fingerprint density at radius 2 is 1.95 bits per heavy atom. The fourth-order valence-corrected chi connectivity index (χ4v) is 2.36. The van der Waals surface area contributed by atoms with Crippen molar-refractivity contribution >= 4 is 30.0 Å². The minimum atomic E-state index is -1.82. The molecule has 0 aliphatic heterocycles. The van der Waals surface area contributed by atoms with Crippen molar-refractivity contribution in [3.63, 3.8) is 0 Å². The highest BCUT2D eigenvalue weighted by molar-refractivity contribution is 6.34. The van der Waals surface area contributed by atoms with E-state index in [0.29, 0.717) is 17.3 Å². The number of hydrogen-bond acceptors (Lipinski definition) is 5. The van der Waals surface area contributed by atoms with Gasteiger partial charge < -0.3 is 19.3 Å². The quantitative estimate of drug-likeness (QED) is 0.714. The number of aromatic nitrogens is 3. The SMILES string of the molecule is OB(O)Oc1ccc(Cn2cnc3cncc(Cl)c32)cc1. The van der Waals surface area contributed by atoms with Gasteiger partial charge in [0.15, 0.2) is 0 Å². The summed E-state index contributed by atoms with van der Waals surface area (Å²) in [6.45, 7) is 0.586. The van der Waals surface area contributed by atoms with Gasteiger partial charge in [-0.3, -0.25) is 4.98 Å². The average Bonchev–Trinajstić information content (AvgIpc) is 2.85. The summed E-state index contributed by atoms with van der Waals surface area (Å²) in [7, 11) is -1.82. The van der Waals surface area contributed by atoms with Crippen LogP contribution in [0.2, 0.25) is 5.02 Å². The van der Waals surface area contributed by atoms with Gasteiger partial charge in [0.2, 0.25) is 0 Å². The van der Waals surface area contributed by atoms with Crippen molar-refractivity contribution in [3.8, 4) is 5.75 Å². The Hall–Kier alpha value is -2.09. The van der Waals surface area contributed by atoms with Crippen molar-refractivity contribution in [3.05, 3.63) is 53.6 Å². The van der Waals surface area contributed by atoms with Crippen LogP contribution in [0.25, 0.3) is 11.0 Å². The van der Waals surface area contributed by atoms with Crippen LogP contribution >= 0.6 is 11.6 Å². The largest absolute Gasteiger partial charge is 0.707 e. The Balaban J connectivity index is 1.85. The lowest BCUT2D eigenvalue weighted by Gasteiger charge is -2.08. The molecule has 0 saturated heterocycles. The van der Waals surface area contributed by atoms with E-state index in [4.69, 9.17) is 26.3 Å². The third-order valence-corrected chi connectivity index (χ3v) is 3.27. The first-order chi connectivity index (χ1) is 10.1. The molecule has 0 aliphatic carbocycles. The minimum absolute atomic E-state index is 0.381. The Morgan fingerprint density at radius 3 is 2.67 bits per heavy atom. The fraction of sp³-hybridized carbons (Fsp3) is 0.0769. The van der Waals surface area contributed by atoms with E-state index in [1.165, 1.54) is 0 Å². The first kappa shape index (κ1) is 13.9. The number of halogens is 1. The molecule has 2 heterocycles. The van der Waals surface area contributed by atoms with Gasteiger partial charge in [0.05, 0.1) is 23.1 Å². The van der Waals surface area contributed by atoms with Crippen LogP contribution in [0.5, 0.6) is 5.75 Å². The molecule has 21 heavy (non-hydrogen) atoms. The van der Waals surface area contributed by atoms with Crippen molar-refractivity contribution in [2.75, 3.05) is 0 Å². The third-order valence-electron chi connectivity index (χ3n) is 2.99. The van der Waals surface area contributed by atoms with Gasteiger partial charge in [-0.2, -0.15) is 0 Å². The molecule has 106 valence electrons. The molecule has 3 rings (SSSR count). The summed E-state index contributed by atoms with van der Waals surface area (Å²) in [5.41, 5.74) is 2.57. The molecule has 8 heteroatoms. The number of pyridine rings is 1. The zero-order valence-electron chi connectivity index (χ0n) is 10.8. The van der Waals surface area contributed by atoms with E-state index in [1.807, 2.05) is 16.7 Å². The number of rotatable bonds is 4. The maximum atomic E-state index is 8.73. The fourth-order valence-electron chi connectivity index (χ4n) is 2.10. The number of fused-ring (bicyclic) bond motifs is 1. The highest BCUT2D eigenvalue weighted by Gasteiger charge is 2.11. The van der Waals surface area contributed by atoms with Crippen molar-refractivity contribution in [2.45, 2.75) is 6.54 Å². The second-order valence-corrected chi connectivity index (χ2v) is 4.86. The van der Waals surface area contributed by atoms with Crippen LogP contribution < -0.4 is 4.65 Å². The molecule has 3 aromatic rings. The molecule has 0 unspecified atom stereocenters. The molecule has 0 saturated carbocycles. The number of nitrogens with zero attached hydrogens (tertiary/aromatic N) is 3. The normalized spacial score (nSPS) is 10.8. The minimum Gasteiger partial charge on any atom is -0.512 e. The summed E-state index contributed by atoms with van der Waals surface area (Å²) >= 11 is 6.15. The number of imidazole rings is 1. The molecular weight excluding hydrogens is 292 g/mol. The summed E-state index contributed by atoms with van der Waals surface area (Å²) in [6, 6.07) is 6.99. The molecule has 0 bridgehead atoms. The summed E-state index contributed by atoms with van der Waals surface area (Å²) in [5.74, 6) is 0.381. The highest BCUT2D eigenvalue weighted by atomic mass is 35.5. The molecule has 0 aliphatic rings. The van der Waals surface area contributed by atoms with Gasteiger partial charge in [-0.15, -0.1) is 0 Å². The Labute approximate surface area is 125 Å². The standard InChI is InChI=1S/C13H11BClN3O3/c15-11-5-16-6-12-13(11)18(8-17-12)7-9-1-3-10(4-2-9)21-14(19)20/h1-6,8,19-20H,7H2. The smallest absolute Gasteiger partial charge is 0.512 e. The first-order valence-corrected chi connectivity index (χ1v) is 6.57. The van der Waals surface area contributed by atoms with E-state index >= 15 is 0 Å². The molecular formula is C13H11BClN3O3. The number of hydrogen-bond donors (Lipinski definition) is 2. The second-order valence-electron chi connectivity index (χ2n) is 4.45. The van der Waals surface area contributed by atoms with Gasteiger partial charge in [-0.05, 0) is 17.7 Å². The predicted octanol–water partition coefficient (Wildman–Crippen LogP) is 1.48. The topological polar surface area (TPSA) is 80.4 Å². The molecule has 0 atom stereocenters. The summed E-state index contributed by atoms with van der Waals surface area (Å²) in [6.07, 6.45) is 4.96. The van der Waals surface area contributed by atoms with E-state index in [1.54, 1.807) is 30.9 Å². The molecule has 6 nitrogen and oxygen atoms in total. The van der Waals surface area contributed by atoms with Crippen LogP contribution in [0.1, 0.15) is 5.56 Å². The maximum Gasteiger partial charge on any atom is 0.707 e. The predicted molar refractivity (Wildman–Crippen MR) is 78.9 cm³/mol. The van der Waals surface area contributed by atoms with E-state index in [-0.39, 0.29) is 0 Å². The van der Waals surface area contributed by atoms with Crippen LogP contribution in [0.15, 0.2) is 43.0 Å². The van der Waals surface area contributed by atoms with Gasteiger partial charge in [-0.1, -0.05) is 23.7 Å². The Morgan fingerprint density at radius 1 is 1.19 bits per heavy atom. The summed E-state index contributed by atoms with van der Waals surface area (Å²) in [4.78, 5) is 8.26. The van der Waals surface area contributed by atoms with Gasteiger partial charge >= 0.3 is 7.32 Å². The van der Waals surface area contributed by atoms with Crippen LogP contribution in [0.3, 0.4) is 0 Å². The molecule has 1 aromatic carbocycles. The molecule has 0 radical (unpaired) electrons. The van der Waals surface area contributed by atoms with E-state index in [2.05, 4.69) is 9.97 Å². The van der Waals surface area contributed by atoms with Gasteiger partial charge in [0.25, 0.3) is 0 Å².